The first-order chi connectivity index (χ1) is 12.4. The topological polar surface area (TPSA) is 68.5 Å². The average molecular weight is 391 g/mol. The lowest BCUT2D eigenvalue weighted by atomic mass is 10.0. The molecule has 0 aliphatic heterocycles. The van der Waals surface area contributed by atoms with Crippen LogP contribution >= 0.6 is 11.3 Å². The van der Waals surface area contributed by atoms with Crippen LogP contribution in [0.5, 0.6) is 0 Å². The highest BCUT2D eigenvalue weighted by Gasteiger charge is 2.16. The van der Waals surface area contributed by atoms with Gasteiger partial charge in [-0.15, -0.1) is 6.42 Å². The van der Waals surface area contributed by atoms with E-state index < -0.39 is 9.84 Å². The molecule has 0 atom stereocenters. The first-order valence-electron chi connectivity index (χ1n) is 8.73. The van der Waals surface area contributed by atoms with Gasteiger partial charge in [-0.2, -0.15) is 4.99 Å². The van der Waals surface area contributed by atoms with Crippen LogP contribution in [0.1, 0.15) is 38.5 Å². The van der Waals surface area contributed by atoms with Crippen LogP contribution < -0.4 is 4.80 Å². The Balaban J connectivity index is 1.94. The highest BCUT2D eigenvalue weighted by molar-refractivity contribution is 7.90. The smallest absolute Gasteiger partial charge is 0.248 e. The maximum Gasteiger partial charge on any atom is 0.248 e. The number of aromatic nitrogens is 1. The summed E-state index contributed by atoms with van der Waals surface area (Å²) in [5, 5.41) is 0. The van der Waals surface area contributed by atoms with E-state index in [-0.39, 0.29) is 17.3 Å². The van der Waals surface area contributed by atoms with Crippen LogP contribution in [-0.4, -0.2) is 25.1 Å². The largest absolute Gasteiger partial charge is 0.305 e. The summed E-state index contributed by atoms with van der Waals surface area (Å²) in [4.78, 5) is 17.3. The number of carbonyl (C=O) groups excluding carboxylic acids is 1. The zero-order valence-electron chi connectivity index (χ0n) is 14.8. The molecular formula is C19H22N2O3S2. The summed E-state index contributed by atoms with van der Waals surface area (Å²) in [6.45, 7) is 0.285. The highest BCUT2D eigenvalue weighted by atomic mass is 32.2. The Kier molecular flexibility index (Phi) is 5.64. The standard InChI is InChI=1S/C19H22N2O3S2/c1-3-12-21-16-10-9-15(26(2,23)24)13-17(16)25-19(21)20-18(22)11-8-14-6-4-5-7-14/h1,9-10,13-14H,4-8,11-12H2,2H3. The number of sulfone groups is 1. The van der Waals surface area contributed by atoms with Crippen molar-refractivity contribution in [2.75, 3.05) is 6.26 Å². The minimum atomic E-state index is -3.29. The van der Waals surface area contributed by atoms with Gasteiger partial charge in [0.15, 0.2) is 14.6 Å². The van der Waals surface area contributed by atoms with Crippen molar-refractivity contribution in [2.24, 2.45) is 10.9 Å². The molecule has 1 aliphatic rings. The van der Waals surface area contributed by atoms with Gasteiger partial charge in [-0.25, -0.2) is 8.42 Å². The van der Waals surface area contributed by atoms with Crippen molar-refractivity contribution < 1.29 is 13.2 Å². The van der Waals surface area contributed by atoms with Gasteiger partial charge >= 0.3 is 0 Å². The van der Waals surface area contributed by atoms with Gasteiger partial charge in [0.05, 0.1) is 21.7 Å². The Labute approximate surface area is 157 Å². The molecule has 138 valence electrons. The minimum absolute atomic E-state index is 0.141. The maximum absolute atomic E-state index is 12.3. The van der Waals surface area contributed by atoms with E-state index in [0.29, 0.717) is 17.1 Å². The summed E-state index contributed by atoms with van der Waals surface area (Å²) in [5.74, 6) is 3.08. The van der Waals surface area contributed by atoms with E-state index >= 15 is 0 Å². The summed E-state index contributed by atoms with van der Waals surface area (Å²) in [6.07, 6.45) is 12.9. The Morgan fingerprint density at radius 2 is 2.12 bits per heavy atom. The van der Waals surface area contributed by atoms with Gasteiger partial charge in [0.25, 0.3) is 0 Å². The molecule has 7 heteroatoms. The predicted molar refractivity (Wildman–Crippen MR) is 104 cm³/mol. The van der Waals surface area contributed by atoms with Crippen molar-refractivity contribution in [1.29, 1.82) is 0 Å². The number of carbonyl (C=O) groups is 1. The van der Waals surface area contributed by atoms with Crippen molar-refractivity contribution in [2.45, 2.75) is 50.0 Å². The molecule has 1 fully saturated rings. The molecule has 1 heterocycles. The van der Waals surface area contributed by atoms with Crippen LogP contribution in [0, 0.1) is 18.3 Å². The molecule has 1 aromatic carbocycles. The first kappa shape index (κ1) is 18.9. The number of hydrogen-bond acceptors (Lipinski definition) is 4. The molecule has 1 saturated carbocycles. The van der Waals surface area contributed by atoms with Crippen LogP contribution in [0.2, 0.25) is 0 Å². The van der Waals surface area contributed by atoms with Crippen LogP contribution in [0.3, 0.4) is 0 Å². The molecule has 26 heavy (non-hydrogen) atoms. The molecule has 2 aromatic rings. The zero-order valence-corrected chi connectivity index (χ0v) is 16.4. The fourth-order valence-electron chi connectivity index (χ4n) is 3.40. The van der Waals surface area contributed by atoms with E-state index in [1.807, 2.05) is 0 Å². The molecule has 1 aliphatic carbocycles. The lowest BCUT2D eigenvalue weighted by Gasteiger charge is -2.05. The average Bonchev–Trinajstić information content (AvgIpc) is 3.20. The van der Waals surface area contributed by atoms with Gasteiger partial charge < -0.3 is 4.57 Å². The van der Waals surface area contributed by atoms with Gasteiger partial charge in [0.1, 0.15) is 0 Å². The van der Waals surface area contributed by atoms with Gasteiger partial charge in [-0.3, -0.25) is 4.79 Å². The zero-order chi connectivity index (χ0) is 18.7. The lowest BCUT2D eigenvalue weighted by Crippen LogP contribution is -2.16. The quantitative estimate of drug-likeness (QED) is 0.737. The third-order valence-corrected chi connectivity index (χ3v) is 6.94. The monoisotopic (exact) mass is 390 g/mol. The molecule has 0 spiro atoms. The molecule has 0 saturated heterocycles. The molecular weight excluding hydrogens is 368 g/mol. The van der Waals surface area contributed by atoms with Crippen molar-refractivity contribution in [3.8, 4) is 12.3 Å². The van der Waals surface area contributed by atoms with Crippen molar-refractivity contribution in [3.05, 3.63) is 23.0 Å². The van der Waals surface area contributed by atoms with Crippen LogP contribution in [0.15, 0.2) is 28.1 Å². The molecule has 3 rings (SSSR count). The van der Waals surface area contributed by atoms with Crippen LogP contribution in [0.25, 0.3) is 10.2 Å². The van der Waals surface area contributed by atoms with Crippen molar-refractivity contribution in [1.82, 2.24) is 4.57 Å². The van der Waals surface area contributed by atoms with E-state index in [9.17, 15) is 13.2 Å². The highest BCUT2D eigenvalue weighted by Crippen LogP contribution is 2.28. The number of thiazole rings is 1. The lowest BCUT2D eigenvalue weighted by molar-refractivity contribution is -0.118. The molecule has 0 bridgehead atoms. The minimum Gasteiger partial charge on any atom is -0.305 e. The van der Waals surface area contributed by atoms with Gasteiger partial charge in [-0.1, -0.05) is 42.9 Å². The Hall–Kier alpha value is -1.91. The molecule has 0 unspecified atom stereocenters. The fourth-order valence-corrected chi connectivity index (χ4v) is 5.21. The summed E-state index contributed by atoms with van der Waals surface area (Å²) >= 11 is 1.30. The van der Waals surface area contributed by atoms with E-state index in [0.717, 1.165) is 16.6 Å². The predicted octanol–water partition coefficient (Wildman–Crippen LogP) is 3.14. The van der Waals surface area contributed by atoms with E-state index in [4.69, 9.17) is 6.42 Å². The second-order valence-electron chi connectivity index (χ2n) is 6.77. The Morgan fingerprint density at radius 1 is 1.38 bits per heavy atom. The molecule has 1 aromatic heterocycles. The van der Waals surface area contributed by atoms with Crippen LogP contribution in [-0.2, 0) is 21.2 Å². The van der Waals surface area contributed by atoms with Crippen molar-refractivity contribution in [3.63, 3.8) is 0 Å². The number of rotatable bonds is 5. The Morgan fingerprint density at radius 3 is 2.77 bits per heavy atom. The van der Waals surface area contributed by atoms with Gasteiger partial charge in [-0.05, 0) is 30.5 Å². The third kappa shape index (κ3) is 4.25. The Bertz CT molecular complexity index is 1030. The number of terminal acetylenes is 1. The summed E-state index contributed by atoms with van der Waals surface area (Å²) < 4.78 is 26.1. The molecule has 0 radical (unpaired) electrons. The summed E-state index contributed by atoms with van der Waals surface area (Å²) in [6, 6.07) is 4.90. The molecule has 0 N–H and O–H groups in total. The van der Waals surface area contributed by atoms with E-state index in [1.165, 1.54) is 43.3 Å². The first-order valence-corrected chi connectivity index (χ1v) is 11.4. The second kappa shape index (κ2) is 7.77. The number of hydrogen-bond donors (Lipinski definition) is 0. The summed E-state index contributed by atoms with van der Waals surface area (Å²) in [7, 11) is -3.29. The van der Waals surface area contributed by atoms with E-state index in [1.54, 1.807) is 22.8 Å². The number of nitrogens with zero attached hydrogens (tertiary/aromatic N) is 2. The summed E-state index contributed by atoms with van der Waals surface area (Å²) in [5.41, 5.74) is 0.794. The number of benzene rings is 1. The van der Waals surface area contributed by atoms with Crippen LogP contribution in [0.4, 0.5) is 0 Å². The number of amides is 1. The van der Waals surface area contributed by atoms with Gasteiger partial charge in [0.2, 0.25) is 5.91 Å². The number of fused-ring (bicyclic) bond motifs is 1. The molecule has 5 nitrogen and oxygen atoms in total. The maximum atomic E-state index is 12.3. The van der Waals surface area contributed by atoms with Crippen molar-refractivity contribution >= 4 is 37.3 Å². The fraction of sp³-hybridized carbons (Fsp3) is 0.474. The van der Waals surface area contributed by atoms with Gasteiger partial charge in [0, 0.05) is 12.7 Å². The van der Waals surface area contributed by atoms with E-state index in [2.05, 4.69) is 10.9 Å². The molecule has 1 amide bonds. The second-order valence-corrected chi connectivity index (χ2v) is 9.80. The normalized spacial score (nSPS) is 16.2. The third-order valence-electron chi connectivity index (χ3n) is 4.79. The SMILES string of the molecule is C#CCn1c(=NC(=O)CCC2CCCC2)sc2cc(S(C)(=O)=O)ccc21.